The molecule has 0 spiro atoms. The van der Waals surface area contributed by atoms with E-state index in [9.17, 15) is 0 Å². The van der Waals surface area contributed by atoms with E-state index in [4.69, 9.17) is 14.4 Å². The molecule has 0 bridgehead atoms. The molecule has 7 heterocycles. The zero-order valence-corrected chi connectivity index (χ0v) is 29.4. The summed E-state index contributed by atoms with van der Waals surface area (Å²) in [6.07, 6.45) is 14.5. The van der Waals surface area contributed by atoms with Gasteiger partial charge in [-0.1, -0.05) is 24.3 Å². The van der Waals surface area contributed by atoms with Crippen molar-refractivity contribution < 1.29 is 4.42 Å². The molecule has 10 aromatic rings. The summed E-state index contributed by atoms with van der Waals surface area (Å²) >= 11 is 0. The van der Waals surface area contributed by atoms with E-state index in [1.165, 1.54) is 0 Å². The minimum absolute atomic E-state index is 0.823. The summed E-state index contributed by atoms with van der Waals surface area (Å²) in [4.78, 5) is 27.8. The molecule has 3 aromatic carbocycles. The Morgan fingerprint density at radius 3 is 1.13 bits per heavy atom. The first-order valence-electron chi connectivity index (χ1n) is 18.0. The van der Waals surface area contributed by atoms with Crippen molar-refractivity contribution in [1.82, 2.24) is 29.9 Å². The van der Waals surface area contributed by atoms with Gasteiger partial charge in [-0.15, -0.1) is 0 Å². The van der Waals surface area contributed by atoms with Crippen molar-refractivity contribution in [3.63, 3.8) is 0 Å². The third kappa shape index (κ3) is 6.30. The molecule has 10 rings (SSSR count). The molecule has 55 heavy (non-hydrogen) atoms. The summed E-state index contributed by atoms with van der Waals surface area (Å²) in [7, 11) is 0. The van der Waals surface area contributed by atoms with E-state index in [-0.39, 0.29) is 0 Å². The van der Waals surface area contributed by atoms with Crippen LogP contribution in [0.1, 0.15) is 0 Å². The van der Waals surface area contributed by atoms with Crippen LogP contribution >= 0.6 is 0 Å². The van der Waals surface area contributed by atoms with Crippen molar-refractivity contribution in [2.75, 3.05) is 0 Å². The Morgan fingerprint density at radius 2 is 0.691 bits per heavy atom. The lowest BCUT2D eigenvalue weighted by Crippen LogP contribution is -1.94. The fourth-order valence-corrected chi connectivity index (χ4v) is 7.08. The third-order valence-electron chi connectivity index (χ3n) is 9.79. The molecule has 0 amide bonds. The van der Waals surface area contributed by atoms with Crippen LogP contribution in [-0.4, -0.2) is 29.9 Å². The summed E-state index contributed by atoms with van der Waals surface area (Å²) in [6, 6.07) is 45.8. The zero-order chi connectivity index (χ0) is 36.6. The largest absolute Gasteiger partial charge is 0.456 e. The van der Waals surface area contributed by atoms with E-state index in [2.05, 4.69) is 92.7 Å². The molecule has 7 aromatic heterocycles. The maximum Gasteiger partial charge on any atom is 0.135 e. The van der Waals surface area contributed by atoms with E-state index in [0.29, 0.717) is 0 Å². The topological polar surface area (TPSA) is 90.5 Å². The highest BCUT2D eigenvalue weighted by atomic mass is 16.3. The van der Waals surface area contributed by atoms with Gasteiger partial charge < -0.3 is 4.42 Å². The quantitative estimate of drug-likeness (QED) is 0.163. The predicted octanol–water partition coefficient (Wildman–Crippen LogP) is 11.6. The van der Waals surface area contributed by atoms with Gasteiger partial charge in [0.2, 0.25) is 0 Å². The van der Waals surface area contributed by atoms with Crippen LogP contribution in [0.25, 0.3) is 100 Å². The van der Waals surface area contributed by atoms with E-state index in [0.717, 1.165) is 100 Å². The minimum atomic E-state index is 0.823. The van der Waals surface area contributed by atoms with Gasteiger partial charge in [-0.05, 0) is 143 Å². The molecular formula is C48H30N6O. The molecule has 0 fully saturated rings. The molecule has 0 aliphatic rings. The first-order chi connectivity index (χ1) is 27.2. The van der Waals surface area contributed by atoms with E-state index >= 15 is 0 Å². The maximum atomic E-state index is 6.22. The molecule has 0 N–H and O–H groups in total. The summed E-state index contributed by atoms with van der Waals surface area (Å²) in [5, 5.41) is 2.16. The first-order valence-corrected chi connectivity index (χ1v) is 18.0. The van der Waals surface area contributed by atoms with Gasteiger partial charge in [-0.25, -0.2) is 9.97 Å². The number of para-hydroxylation sites is 1. The van der Waals surface area contributed by atoms with Crippen LogP contribution in [-0.2, 0) is 0 Å². The molecule has 258 valence electrons. The van der Waals surface area contributed by atoms with Crippen molar-refractivity contribution in [3.8, 4) is 78.4 Å². The normalized spacial score (nSPS) is 11.3. The van der Waals surface area contributed by atoms with Crippen molar-refractivity contribution in [2.24, 2.45) is 0 Å². The molecule has 0 aliphatic carbocycles. The number of furan rings is 1. The van der Waals surface area contributed by atoms with Gasteiger partial charge in [0.15, 0.2) is 0 Å². The Balaban J connectivity index is 1.23. The van der Waals surface area contributed by atoms with Crippen molar-refractivity contribution in [2.45, 2.75) is 0 Å². The monoisotopic (exact) mass is 706 g/mol. The fourth-order valence-electron chi connectivity index (χ4n) is 7.08. The highest BCUT2D eigenvalue weighted by Gasteiger charge is 2.16. The predicted molar refractivity (Wildman–Crippen MR) is 219 cm³/mol. The molecule has 0 saturated carbocycles. The second-order valence-electron chi connectivity index (χ2n) is 13.3. The summed E-state index contributed by atoms with van der Waals surface area (Å²) in [6.45, 7) is 0. The average molecular weight is 707 g/mol. The second kappa shape index (κ2) is 13.7. The SMILES string of the molecule is c1cncc(-c2cc(-c3cc(-c4cc(-c5cccnc5)nc(-c5cccnc5)c4)cc(-c4ccc5oc6ccccc6c5c4)c3)cc(-c3cccnc3)n2)c1. The number of benzene rings is 3. The van der Waals surface area contributed by atoms with Crippen molar-refractivity contribution in [3.05, 3.63) is 183 Å². The number of hydrogen-bond donors (Lipinski definition) is 0. The number of pyridine rings is 6. The van der Waals surface area contributed by atoms with Gasteiger partial charge in [-0.2, -0.15) is 0 Å². The van der Waals surface area contributed by atoms with E-state index in [1.807, 2.05) is 85.5 Å². The molecule has 0 aliphatic heterocycles. The van der Waals surface area contributed by atoms with E-state index in [1.54, 1.807) is 24.8 Å². The van der Waals surface area contributed by atoms with Crippen molar-refractivity contribution >= 4 is 21.9 Å². The molecule has 0 radical (unpaired) electrons. The molecule has 0 saturated heterocycles. The molecular weight excluding hydrogens is 677 g/mol. The number of nitrogens with zero attached hydrogens (tertiary/aromatic N) is 6. The Labute approximate surface area is 316 Å². The highest BCUT2D eigenvalue weighted by molar-refractivity contribution is 6.06. The van der Waals surface area contributed by atoms with Gasteiger partial charge in [0.25, 0.3) is 0 Å². The van der Waals surface area contributed by atoms with Gasteiger partial charge in [0.1, 0.15) is 11.2 Å². The zero-order valence-electron chi connectivity index (χ0n) is 29.4. The van der Waals surface area contributed by atoms with Crippen LogP contribution in [0.4, 0.5) is 0 Å². The third-order valence-corrected chi connectivity index (χ3v) is 9.79. The lowest BCUT2D eigenvalue weighted by molar-refractivity contribution is 0.669. The molecule has 7 heteroatoms. The Hall–Kier alpha value is -7.64. The maximum absolute atomic E-state index is 6.22. The number of rotatable bonds is 7. The summed E-state index contributed by atoms with van der Waals surface area (Å²) in [5.74, 6) is 0. The Bertz CT molecular complexity index is 2710. The van der Waals surface area contributed by atoms with Crippen LogP contribution < -0.4 is 0 Å². The number of hydrogen-bond acceptors (Lipinski definition) is 7. The van der Waals surface area contributed by atoms with Gasteiger partial charge in [0.05, 0.1) is 22.8 Å². The van der Waals surface area contributed by atoms with Gasteiger partial charge in [-0.3, -0.25) is 19.9 Å². The second-order valence-corrected chi connectivity index (χ2v) is 13.3. The van der Waals surface area contributed by atoms with Crippen LogP contribution in [0.5, 0.6) is 0 Å². The lowest BCUT2D eigenvalue weighted by atomic mass is 9.91. The lowest BCUT2D eigenvalue weighted by Gasteiger charge is -2.15. The van der Waals surface area contributed by atoms with E-state index < -0.39 is 0 Å². The highest BCUT2D eigenvalue weighted by Crippen LogP contribution is 2.39. The van der Waals surface area contributed by atoms with Crippen LogP contribution in [0.3, 0.4) is 0 Å². The van der Waals surface area contributed by atoms with Crippen LogP contribution in [0, 0.1) is 0 Å². The fraction of sp³-hybridized carbons (Fsp3) is 0. The molecule has 7 nitrogen and oxygen atoms in total. The Morgan fingerprint density at radius 1 is 0.291 bits per heavy atom. The first kappa shape index (κ1) is 32.0. The van der Waals surface area contributed by atoms with Crippen LogP contribution in [0.15, 0.2) is 187 Å². The summed E-state index contributed by atoms with van der Waals surface area (Å²) < 4.78 is 6.22. The number of fused-ring (bicyclic) bond motifs is 3. The minimum Gasteiger partial charge on any atom is -0.456 e. The van der Waals surface area contributed by atoms with Gasteiger partial charge in [0, 0.05) is 82.6 Å². The molecule has 0 atom stereocenters. The van der Waals surface area contributed by atoms with Crippen LogP contribution in [0.2, 0.25) is 0 Å². The standard InChI is InChI=1S/C48H30N6O/c1-2-12-47-41(11-1)42-22-31(13-14-48(42)55-47)36-19-37(39-23-43(32-7-3-15-49-27-32)53-44(24-39)33-8-4-16-50-28-33)21-38(20-36)40-25-45(34-9-5-17-51-29-34)54-46(26-40)35-10-6-18-52-30-35/h1-30H. The molecule has 0 unspecified atom stereocenters. The van der Waals surface area contributed by atoms with Crippen molar-refractivity contribution in [1.29, 1.82) is 0 Å². The Kier molecular flexibility index (Phi) is 8.00. The summed E-state index contributed by atoms with van der Waals surface area (Å²) in [5.41, 5.74) is 15.0. The smallest absolute Gasteiger partial charge is 0.135 e. The number of aromatic nitrogens is 6. The average Bonchev–Trinajstić information content (AvgIpc) is 3.65. The van der Waals surface area contributed by atoms with Gasteiger partial charge >= 0.3 is 0 Å².